The number of ether oxygens (including phenoxy) is 4. The molecule has 0 aliphatic rings. The maximum atomic E-state index is 14.3. The fourth-order valence-electron chi connectivity index (χ4n) is 5.35. The summed E-state index contributed by atoms with van der Waals surface area (Å²) in [5.41, 5.74) is 8.35. The van der Waals surface area contributed by atoms with Crippen LogP contribution in [0.1, 0.15) is 71.4 Å². The SMILES string of the molecule is CCCCCCOC(=O)[C@H](Cc1ccc(O[P@@](=O)(CO[C@H](C)Cn2cnc3c(N)ncnc32)N[C@@H](C)C(=O)OC(C)C)cc1)NC(=O)OCc1ccccc1. The summed E-state index contributed by atoms with van der Waals surface area (Å²) < 4.78 is 44.2. The molecule has 17 heteroatoms. The lowest BCUT2D eigenvalue weighted by Crippen LogP contribution is -2.43. The number of nitrogens with two attached hydrogens (primary N) is 1. The number of carbonyl (C=O) groups excluding carboxylic acids is 3. The van der Waals surface area contributed by atoms with Gasteiger partial charge in [0, 0.05) is 6.42 Å². The van der Waals surface area contributed by atoms with Gasteiger partial charge in [0.2, 0.25) is 0 Å². The summed E-state index contributed by atoms with van der Waals surface area (Å²) in [5.74, 6) is -0.741. The first-order valence-electron chi connectivity index (χ1n) is 18.4. The third kappa shape index (κ3) is 13.9. The molecule has 2 heterocycles. The van der Waals surface area contributed by atoms with Crippen molar-refractivity contribution in [2.75, 3.05) is 18.7 Å². The standard InChI is InChI=1S/C38H52N7O9P/c1-6-7-8-12-19-50-37(47)32(43-38(48)51-22-30-13-10-9-11-14-30)20-29-15-17-31(18-16-29)54-55(49,44-28(5)36(46)53-26(2)3)25-52-27(4)21-45-24-42-33-34(39)40-23-41-35(33)45/h9-11,13-18,23-24,26-28,32H,6-8,12,19-22,25H2,1-5H3,(H,43,48)(H,44,49)(H2,39,40,41)/t27-,28+,32+,55+/m1/s1. The lowest BCUT2D eigenvalue weighted by atomic mass is 10.1. The van der Waals surface area contributed by atoms with Crippen molar-refractivity contribution in [3.63, 3.8) is 0 Å². The first-order chi connectivity index (χ1) is 26.4. The first kappa shape index (κ1) is 42.7. The van der Waals surface area contributed by atoms with Crippen molar-refractivity contribution in [3.8, 4) is 5.75 Å². The molecule has 4 rings (SSSR count). The molecule has 4 aromatic rings. The van der Waals surface area contributed by atoms with Crippen molar-refractivity contribution >= 4 is 42.5 Å². The molecule has 0 radical (unpaired) electrons. The van der Waals surface area contributed by atoms with Crippen molar-refractivity contribution < 1.29 is 42.4 Å². The molecule has 55 heavy (non-hydrogen) atoms. The Hall–Kier alpha value is -5.05. The molecule has 298 valence electrons. The highest BCUT2D eigenvalue weighted by atomic mass is 31.2. The van der Waals surface area contributed by atoms with Crippen LogP contribution in [0.4, 0.5) is 10.6 Å². The summed E-state index contributed by atoms with van der Waals surface area (Å²) in [4.78, 5) is 51.1. The van der Waals surface area contributed by atoms with Gasteiger partial charge in [-0.2, -0.15) is 0 Å². The summed E-state index contributed by atoms with van der Waals surface area (Å²) in [6.07, 6.45) is 4.66. The molecule has 4 atom stereocenters. The van der Waals surface area contributed by atoms with Crippen LogP contribution in [0.15, 0.2) is 67.3 Å². The van der Waals surface area contributed by atoms with Crippen LogP contribution in [0.25, 0.3) is 11.2 Å². The van der Waals surface area contributed by atoms with E-state index in [0.29, 0.717) is 29.7 Å². The van der Waals surface area contributed by atoms with Crippen LogP contribution >= 0.6 is 7.52 Å². The number of hydrogen-bond donors (Lipinski definition) is 3. The molecular weight excluding hydrogens is 729 g/mol. The van der Waals surface area contributed by atoms with E-state index in [1.54, 1.807) is 55.9 Å². The summed E-state index contributed by atoms with van der Waals surface area (Å²) in [7, 11) is -3.92. The lowest BCUT2D eigenvalue weighted by Gasteiger charge is -2.25. The Morgan fingerprint density at radius 2 is 1.64 bits per heavy atom. The van der Waals surface area contributed by atoms with E-state index in [4.69, 9.17) is 29.2 Å². The van der Waals surface area contributed by atoms with Crippen LogP contribution in [0.3, 0.4) is 0 Å². The van der Waals surface area contributed by atoms with Gasteiger partial charge in [0.15, 0.2) is 11.5 Å². The number of anilines is 1. The zero-order valence-corrected chi connectivity index (χ0v) is 32.9. The van der Waals surface area contributed by atoms with Crippen LogP contribution in [0.5, 0.6) is 5.75 Å². The second-order valence-electron chi connectivity index (χ2n) is 13.4. The number of aromatic nitrogens is 4. The number of nitrogens with one attached hydrogen (secondary N) is 2. The highest BCUT2D eigenvalue weighted by Gasteiger charge is 2.32. The molecule has 0 saturated heterocycles. The van der Waals surface area contributed by atoms with Crippen molar-refractivity contribution in [3.05, 3.63) is 78.4 Å². The summed E-state index contributed by atoms with van der Waals surface area (Å²) in [5, 5.41) is 5.43. The fourth-order valence-corrected chi connectivity index (χ4v) is 7.14. The number of hydrogen-bond acceptors (Lipinski definition) is 13. The van der Waals surface area contributed by atoms with Gasteiger partial charge >= 0.3 is 25.6 Å². The minimum absolute atomic E-state index is 0.0341. The molecule has 0 aliphatic carbocycles. The number of imidazole rings is 1. The number of benzene rings is 2. The molecule has 0 spiro atoms. The molecule has 0 unspecified atom stereocenters. The average Bonchev–Trinajstić information content (AvgIpc) is 3.57. The van der Waals surface area contributed by atoms with Gasteiger partial charge in [0.25, 0.3) is 0 Å². The van der Waals surface area contributed by atoms with E-state index in [-0.39, 0.29) is 37.3 Å². The highest BCUT2D eigenvalue weighted by molar-refractivity contribution is 7.57. The quantitative estimate of drug-likeness (QED) is 0.0365. The summed E-state index contributed by atoms with van der Waals surface area (Å²) in [6, 6.07) is 13.7. The topological polar surface area (TPSA) is 208 Å². The molecule has 0 aliphatic heterocycles. The normalized spacial score (nSPS) is 14.1. The van der Waals surface area contributed by atoms with Crippen LogP contribution in [0, 0.1) is 0 Å². The third-order valence-electron chi connectivity index (χ3n) is 8.16. The molecule has 0 bridgehead atoms. The number of carbonyl (C=O) groups is 3. The Bertz CT molecular complexity index is 1880. The lowest BCUT2D eigenvalue weighted by molar-refractivity contribution is -0.149. The van der Waals surface area contributed by atoms with Gasteiger partial charge < -0.3 is 39.1 Å². The number of esters is 2. The predicted octanol–water partition coefficient (Wildman–Crippen LogP) is 5.93. The largest absolute Gasteiger partial charge is 0.464 e. The molecular formula is C38H52N7O9P. The Labute approximate surface area is 321 Å². The van der Waals surface area contributed by atoms with E-state index in [1.807, 2.05) is 30.3 Å². The Morgan fingerprint density at radius 3 is 2.35 bits per heavy atom. The molecule has 4 N–H and O–H groups in total. The second-order valence-corrected chi connectivity index (χ2v) is 15.4. The minimum atomic E-state index is -3.92. The van der Waals surface area contributed by atoms with E-state index >= 15 is 0 Å². The Balaban J connectivity index is 1.44. The third-order valence-corrected chi connectivity index (χ3v) is 9.93. The van der Waals surface area contributed by atoms with Crippen LogP contribution < -0.4 is 20.7 Å². The molecule has 0 saturated carbocycles. The maximum absolute atomic E-state index is 14.3. The minimum Gasteiger partial charge on any atom is -0.464 e. The van der Waals surface area contributed by atoms with Crippen molar-refractivity contribution in [2.24, 2.45) is 0 Å². The van der Waals surface area contributed by atoms with Gasteiger partial charge in [-0.3, -0.25) is 9.36 Å². The number of amides is 1. The average molecular weight is 782 g/mol. The van der Waals surface area contributed by atoms with Gasteiger partial charge in [-0.25, -0.2) is 29.6 Å². The second kappa shape index (κ2) is 21.1. The van der Waals surface area contributed by atoms with Crippen LogP contribution in [-0.2, 0) is 52.7 Å². The number of fused-ring (bicyclic) bond motifs is 1. The van der Waals surface area contributed by atoms with Crippen molar-refractivity contribution in [2.45, 2.75) is 104 Å². The number of alkyl carbamates (subject to hydrolysis) is 1. The monoisotopic (exact) mass is 781 g/mol. The maximum Gasteiger partial charge on any atom is 0.408 e. The summed E-state index contributed by atoms with van der Waals surface area (Å²) in [6.45, 7) is 9.39. The summed E-state index contributed by atoms with van der Waals surface area (Å²) >= 11 is 0. The van der Waals surface area contributed by atoms with Crippen LogP contribution in [-0.4, -0.2) is 74.8 Å². The Morgan fingerprint density at radius 1 is 0.891 bits per heavy atom. The number of nitrogens with zero attached hydrogens (tertiary/aromatic N) is 4. The fraction of sp³-hybridized carbons (Fsp3) is 0.474. The van der Waals surface area contributed by atoms with Crippen LogP contribution in [0.2, 0.25) is 0 Å². The zero-order chi connectivity index (χ0) is 39.8. The Kier molecular flexibility index (Phi) is 16.4. The molecule has 0 fully saturated rings. The number of rotatable bonds is 22. The van der Waals surface area contributed by atoms with E-state index in [1.165, 1.54) is 13.3 Å². The van der Waals surface area contributed by atoms with Crippen molar-refractivity contribution in [1.29, 1.82) is 0 Å². The van der Waals surface area contributed by atoms with E-state index < -0.39 is 50.1 Å². The number of unbranched alkanes of at least 4 members (excludes halogenated alkanes) is 3. The zero-order valence-electron chi connectivity index (χ0n) is 32.0. The van der Waals surface area contributed by atoms with E-state index in [0.717, 1.165) is 24.8 Å². The molecule has 1 amide bonds. The number of nitrogen functional groups attached to an aromatic ring is 1. The van der Waals surface area contributed by atoms with Gasteiger partial charge in [0.05, 0.1) is 31.7 Å². The highest BCUT2D eigenvalue weighted by Crippen LogP contribution is 2.44. The van der Waals surface area contributed by atoms with Gasteiger partial charge in [0.1, 0.15) is 42.6 Å². The van der Waals surface area contributed by atoms with E-state index in [2.05, 4.69) is 32.3 Å². The molecule has 2 aromatic heterocycles. The van der Waals surface area contributed by atoms with Crippen molar-refractivity contribution in [1.82, 2.24) is 29.9 Å². The van der Waals surface area contributed by atoms with Gasteiger partial charge in [-0.15, -0.1) is 0 Å². The van der Waals surface area contributed by atoms with E-state index in [9.17, 15) is 18.9 Å². The smallest absolute Gasteiger partial charge is 0.408 e. The van der Waals surface area contributed by atoms with Gasteiger partial charge in [-0.05, 0) is 57.4 Å². The molecule has 2 aromatic carbocycles. The van der Waals surface area contributed by atoms with Gasteiger partial charge in [-0.1, -0.05) is 68.7 Å². The molecule has 16 nitrogen and oxygen atoms in total. The predicted molar refractivity (Wildman–Crippen MR) is 206 cm³/mol. The first-order valence-corrected chi connectivity index (χ1v) is 20.2.